The molecule has 0 aromatic heterocycles. The number of carbonyl (C=O) groups is 2. The Morgan fingerprint density at radius 3 is 2.93 bits per heavy atom. The molecule has 1 rings (SSSR count). The van der Waals surface area contributed by atoms with Gasteiger partial charge in [-0.1, -0.05) is 0 Å². The van der Waals surface area contributed by atoms with Crippen molar-refractivity contribution in [3.8, 4) is 0 Å². The zero-order chi connectivity index (χ0) is 10.6. The minimum absolute atomic E-state index is 0.0473. The second-order valence-corrected chi connectivity index (χ2v) is 3.53. The maximum atomic E-state index is 11.6. The van der Waals surface area contributed by atoms with Gasteiger partial charge in [0.25, 0.3) is 0 Å². The van der Waals surface area contributed by atoms with Gasteiger partial charge in [-0.05, 0) is 14.0 Å². The molecule has 1 unspecified atom stereocenters. The Morgan fingerprint density at radius 2 is 2.29 bits per heavy atom. The van der Waals surface area contributed by atoms with Crippen LogP contribution in [0.3, 0.4) is 0 Å². The van der Waals surface area contributed by atoms with Gasteiger partial charge in [0, 0.05) is 25.6 Å². The number of nitrogens with zero attached hydrogens (tertiary/aromatic N) is 1. The zero-order valence-corrected chi connectivity index (χ0v) is 8.67. The van der Waals surface area contributed by atoms with E-state index in [9.17, 15) is 9.59 Å². The van der Waals surface area contributed by atoms with Crippen LogP contribution in [0.5, 0.6) is 0 Å². The van der Waals surface area contributed by atoms with Crippen molar-refractivity contribution in [2.75, 3.05) is 26.7 Å². The Labute approximate surface area is 83.8 Å². The van der Waals surface area contributed by atoms with E-state index in [-0.39, 0.29) is 24.4 Å². The normalized spacial score (nSPS) is 20.3. The molecule has 0 aromatic carbocycles. The fourth-order valence-electron chi connectivity index (χ4n) is 1.56. The van der Waals surface area contributed by atoms with Gasteiger partial charge in [0.1, 0.15) is 0 Å². The Balaban J connectivity index is 2.62. The van der Waals surface area contributed by atoms with Gasteiger partial charge in [0.05, 0.1) is 6.54 Å². The van der Waals surface area contributed by atoms with Crippen molar-refractivity contribution < 1.29 is 9.59 Å². The minimum atomic E-state index is -0.0706. The fraction of sp³-hybridized carbons (Fsp3) is 0.778. The van der Waals surface area contributed by atoms with Gasteiger partial charge in [-0.25, -0.2) is 0 Å². The van der Waals surface area contributed by atoms with Crippen LogP contribution >= 0.6 is 0 Å². The molecule has 1 aliphatic heterocycles. The van der Waals surface area contributed by atoms with Crippen LogP contribution in [0.25, 0.3) is 0 Å². The Kier molecular flexibility index (Phi) is 3.88. The summed E-state index contributed by atoms with van der Waals surface area (Å²) in [7, 11) is 1.83. The molecule has 1 aliphatic rings. The second-order valence-electron chi connectivity index (χ2n) is 3.53. The van der Waals surface area contributed by atoms with Crippen LogP contribution in [0.4, 0.5) is 0 Å². The molecular weight excluding hydrogens is 182 g/mol. The largest absolute Gasteiger partial charge is 0.354 e. The highest BCUT2D eigenvalue weighted by Crippen LogP contribution is 2.03. The van der Waals surface area contributed by atoms with Gasteiger partial charge in [-0.3, -0.25) is 9.59 Å². The molecular formula is C9H17N3O2. The van der Waals surface area contributed by atoms with Gasteiger partial charge in [0.2, 0.25) is 11.8 Å². The maximum absolute atomic E-state index is 11.6. The van der Waals surface area contributed by atoms with Crippen LogP contribution in [-0.2, 0) is 9.59 Å². The number of nitrogens with one attached hydrogen (secondary N) is 2. The first-order chi connectivity index (χ1) is 6.65. The molecule has 0 spiro atoms. The molecule has 1 heterocycles. The highest BCUT2D eigenvalue weighted by atomic mass is 16.2. The lowest BCUT2D eigenvalue weighted by Crippen LogP contribution is -2.45. The van der Waals surface area contributed by atoms with Crippen molar-refractivity contribution in [2.45, 2.75) is 19.4 Å². The van der Waals surface area contributed by atoms with Gasteiger partial charge in [0.15, 0.2) is 0 Å². The molecule has 1 atom stereocenters. The van der Waals surface area contributed by atoms with Crippen LogP contribution in [0.2, 0.25) is 0 Å². The molecule has 1 saturated heterocycles. The van der Waals surface area contributed by atoms with E-state index >= 15 is 0 Å². The number of rotatable bonds is 3. The molecule has 80 valence electrons. The van der Waals surface area contributed by atoms with Gasteiger partial charge in [-0.2, -0.15) is 0 Å². The average Bonchev–Trinajstić information content (AvgIpc) is 2.29. The SMILES string of the molecule is CNCC(C)N1CC(=O)NCCC1=O. The summed E-state index contributed by atoms with van der Waals surface area (Å²) in [5.41, 5.74) is 0. The topological polar surface area (TPSA) is 61.4 Å². The number of amides is 2. The summed E-state index contributed by atoms with van der Waals surface area (Å²) in [4.78, 5) is 24.4. The molecule has 2 N–H and O–H groups in total. The van der Waals surface area contributed by atoms with Crippen LogP contribution in [0.15, 0.2) is 0 Å². The van der Waals surface area contributed by atoms with Crippen molar-refractivity contribution in [1.29, 1.82) is 0 Å². The van der Waals surface area contributed by atoms with E-state index in [2.05, 4.69) is 10.6 Å². The highest BCUT2D eigenvalue weighted by Gasteiger charge is 2.24. The third kappa shape index (κ3) is 2.70. The zero-order valence-electron chi connectivity index (χ0n) is 8.67. The predicted molar refractivity (Wildman–Crippen MR) is 52.7 cm³/mol. The van der Waals surface area contributed by atoms with Gasteiger partial charge in [-0.15, -0.1) is 0 Å². The number of carbonyl (C=O) groups excluding carboxylic acids is 2. The number of hydrogen-bond acceptors (Lipinski definition) is 3. The van der Waals surface area contributed by atoms with Crippen LogP contribution in [0.1, 0.15) is 13.3 Å². The molecule has 0 aromatic rings. The fourth-order valence-corrected chi connectivity index (χ4v) is 1.56. The van der Waals surface area contributed by atoms with E-state index in [4.69, 9.17) is 0 Å². The molecule has 2 amide bonds. The first kappa shape index (κ1) is 11.0. The minimum Gasteiger partial charge on any atom is -0.354 e. The molecule has 14 heavy (non-hydrogen) atoms. The summed E-state index contributed by atoms with van der Waals surface area (Å²) < 4.78 is 0. The molecule has 5 nitrogen and oxygen atoms in total. The van der Waals surface area contributed by atoms with E-state index in [1.54, 1.807) is 4.90 Å². The van der Waals surface area contributed by atoms with Gasteiger partial charge < -0.3 is 15.5 Å². The lowest BCUT2D eigenvalue weighted by atomic mass is 10.2. The van der Waals surface area contributed by atoms with Crippen molar-refractivity contribution in [3.05, 3.63) is 0 Å². The molecule has 0 saturated carbocycles. The summed E-state index contributed by atoms with van der Waals surface area (Å²) in [6.07, 6.45) is 0.403. The van der Waals surface area contributed by atoms with E-state index in [0.29, 0.717) is 19.5 Å². The second kappa shape index (κ2) is 4.95. The molecule has 0 aliphatic carbocycles. The summed E-state index contributed by atoms with van der Waals surface area (Å²) in [6.45, 7) is 3.29. The number of hydrogen-bond donors (Lipinski definition) is 2. The third-order valence-corrected chi connectivity index (χ3v) is 2.33. The van der Waals surface area contributed by atoms with E-state index in [1.165, 1.54) is 0 Å². The molecule has 5 heteroatoms. The van der Waals surface area contributed by atoms with Crippen molar-refractivity contribution in [3.63, 3.8) is 0 Å². The summed E-state index contributed by atoms with van der Waals surface area (Å²) >= 11 is 0. The van der Waals surface area contributed by atoms with E-state index in [0.717, 1.165) is 0 Å². The number of likely N-dealkylation sites (N-methyl/N-ethyl adjacent to an activating group) is 1. The van der Waals surface area contributed by atoms with E-state index in [1.807, 2.05) is 14.0 Å². The van der Waals surface area contributed by atoms with Crippen molar-refractivity contribution in [2.24, 2.45) is 0 Å². The van der Waals surface area contributed by atoms with Crippen LogP contribution in [0, 0.1) is 0 Å². The maximum Gasteiger partial charge on any atom is 0.239 e. The lowest BCUT2D eigenvalue weighted by molar-refractivity contribution is -0.135. The van der Waals surface area contributed by atoms with Crippen molar-refractivity contribution >= 4 is 11.8 Å². The average molecular weight is 199 g/mol. The van der Waals surface area contributed by atoms with Gasteiger partial charge >= 0.3 is 0 Å². The first-order valence-electron chi connectivity index (χ1n) is 4.86. The quantitative estimate of drug-likeness (QED) is 0.609. The molecule has 0 bridgehead atoms. The Hall–Kier alpha value is -1.10. The van der Waals surface area contributed by atoms with Crippen LogP contribution in [-0.4, -0.2) is 49.4 Å². The third-order valence-electron chi connectivity index (χ3n) is 2.33. The Bertz CT molecular complexity index is 230. The van der Waals surface area contributed by atoms with Crippen LogP contribution < -0.4 is 10.6 Å². The first-order valence-corrected chi connectivity index (χ1v) is 4.86. The monoisotopic (exact) mass is 199 g/mol. The summed E-state index contributed by atoms with van der Waals surface area (Å²) in [5, 5.41) is 5.67. The summed E-state index contributed by atoms with van der Waals surface area (Å²) in [5.74, 6) is -0.0232. The van der Waals surface area contributed by atoms with Crippen molar-refractivity contribution in [1.82, 2.24) is 15.5 Å². The molecule has 0 radical (unpaired) electrons. The molecule has 1 fully saturated rings. The Morgan fingerprint density at radius 1 is 1.57 bits per heavy atom. The smallest absolute Gasteiger partial charge is 0.239 e. The standard InChI is InChI=1S/C9H17N3O2/c1-7(5-10-2)12-6-8(13)11-4-3-9(12)14/h7,10H,3-6H2,1-2H3,(H,11,13). The predicted octanol–water partition coefficient (Wildman–Crippen LogP) is -1.06. The summed E-state index contributed by atoms with van der Waals surface area (Å²) in [6, 6.07) is 0.0661. The highest BCUT2D eigenvalue weighted by molar-refractivity contribution is 5.87. The van der Waals surface area contributed by atoms with E-state index < -0.39 is 0 Å². The lowest BCUT2D eigenvalue weighted by Gasteiger charge is -2.26.